The molecule has 1 aliphatic heterocycles. The van der Waals surface area contributed by atoms with Crippen LogP contribution in [0.1, 0.15) is 23.2 Å². The molecule has 3 N–H and O–H groups in total. The molecule has 1 aromatic carbocycles. The number of benzene rings is 1. The maximum absolute atomic E-state index is 12.6. The molecule has 2 heterocycles. The Kier molecular flexibility index (Phi) is 3.71. The van der Waals surface area contributed by atoms with Gasteiger partial charge >= 0.3 is 0 Å². The van der Waals surface area contributed by atoms with Crippen molar-refractivity contribution < 1.29 is 9.59 Å². The third-order valence-electron chi connectivity index (χ3n) is 4.06. The second-order valence-corrected chi connectivity index (χ2v) is 6.28. The van der Waals surface area contributed by atoms with Gasteiger partial charge in [0, 0.05) is 40.6 Å². The molecule has 0 bridgehead atoms. The molecule has 2 aromatic rings. The number of amides is 2. The predicted octanol–water partition coefficient (Wildman–Crippen LogP) is 2.27. The molecule has 0 spiro atoms. The smallest absolute Gasteiger partial charge is 0.256 e. The van der Waals surface area contributed by atoms with Gasteiger partial charge in [-0.05, 0) is 31.0 Å². The van der Waals surface area contributed by atoms with E-state index in [9.17, 15) is 9.59 Å². The molecule has 0 unspecified atom stereocenters. The van der Waals surface area contributed by atoms with Gasteiger partial charge in [0.1, 0.15) is 0 Å². The van der Waals surface area contributed by atoms with Crippen LogP contribution in [0.25, 0.3) is 10.9 Å². The lowest BCUT2D eigenvalue weighted by atomic mass is 9.96. The van der Waals surface area contributed by atoms with Crippen LogP contribution in [-0.4, -0.2) is 34.8 Å². The highest BCUT2D eigenvalue weighted by atomic mass is 79.9. The minimum absolute atomic E-state index is 0.00210. The molecule has 6 heteroatoms. The fourth-order valence-corrected chi connectivity index (χ4v) is 3.17. The number of fused-ring (bicyclic) bond motifs is 1. The number of nitrogens with zero attached hydrogens (tertiary/aromatic N) is 1. The summed E-state index contributed by atoms with van der Waals surface area (Å²) < 4.78 is 0.941. The summed E-state index contributed by atoms with van der Waals surface area (Å²) in [4.78, 5) is 28.7. The Labute approximate surface area is 130 Å². The first-order chi connectivity index (χ1) is 10.1. The van der Waals surface area contributed by atoms with E-state index in [1.54, 1.807) is 11.1 Å². The standard InChI is InChI=1S/C15H16BrN3O2/c16-10-1-2-13-11(7-10)12(8-18-13)15(21)19-5-3-9(4-6-19)14(17)20/h1-2,7-9,18H,3-6H2,(H2,17,20). The number of halogens is 1. The van der Waals surface area contributed by atoms with E-state index in [2.05, 4.69) is 20.9 Å². The number of carbonyl (C=O) groups excluding carboxylic acids is 2. The van der Waals surface area contributed by atoms with Gasteiger partial charge < -0.3 is 15.6 Å². The van der Waals surface area contributed by atoms with Crippen LogP contribution in [0.3, 0.4) is 0 Å². The number of nitrogens with two attached hydrogens (primary N) is 1. The lowest BCUT2D eigenvalue weighted by molar-refractivity contribution is -0.123. The predicted molar refractivity (Wildman–Crippen MR) is 83.8 cm³/mol. The number of hydrogen-bond donors (Lipinski definition) is 2. The average Bonchev–Trinajstić information content (AvgIpc) is 2.89. The fraction of sp³-hybridized carbons (Fsp3) is 0.333. The van der Waals surface area contributed by atoms with Gasteiger partial charge in [-0.25, -0.2) is 0 Å². The normalized spacial score (nSPS) is 16.3. The molecule has 0 aliphatic carbocycles. The van der Waals surface area contributed by atoms with E-state index in [1.165, 1.54) is 0 Å². The quantitative estimate of drug-likeness (QED) is 0.871. The SMILES string of the molecule is NC(=O)C1CCN(C(=O)c2c[nH]c3ccc(Br)cc23)CC1. The summed E-state index contributed by atoms with van der Waals surface area (Å²) in [5.74, 6) is -0.369. The van der Waals surface area contributed by atoms with Gasteiger partial charge in [0.15, 0.2) is 0 Å². The molecular weight excluding hydrogens is 334 g/mol. The van der Waals surface area contributed by atoms with Gasteiger partial charge in [-0.15, -0.1) is 0 Å². The number of aromatic nitrogens is 1. The van der Waals surface area contributed by atoms with Gasteiger partial charge in [-0.2, -0.15) is 0 Å². The number of piperidine rings is 1. The van der Waals surface area contributed by atoms with E-state index >= 15 is 0 Å². The van der Waals surface area contributed by atoms with Crippen LogP contribution in [0.2, 0.25) is 0 Å². The largest absolute Gasteiger partial charge is 0.369 e. The van der Waals surface area contributed by atoms with Crippen molar-refractivity contribution in [3.05, 3.63) is 34.4 Å². The molecule has 1 saturated heterocycles. The van der Waals surface area contributed by atoms with Crippen LogP contribution in [0, 0.1) is 5.92 Å². The molecule has 0 saturated carbocycles. The molecular formula is C15H16BrN3O2. The molecule has 21 heavy (non-hydrogen) atoms. The molecule has 1 aliphatic rings. The molecule has 5 nitrogen and oxygen atoms in total. The van der Waals surface area contributed by atoms with Crippen LogP contribution < -0.4 is 5.73 Å². The van der Waals surface area contributed by atoms with Gasteiger partial charge in [0.25, 0.3) is 5.91 Å². The molecule has 0 atom stereocenters. The number of nitrogens with one attached hydrogen (secondary N) is 1. The van der Waals surface area contributed by atoms with E-state index in [0.29, 0.717) is 31.5 Å². The summed E-state index contributed by atoms with van der Waals surface area (Å²) in [6.07, 6.45) is 3.04. The molecule has 3 rings (SSSR count). The Morgan fingerprint density at radius 3 is 2.67 bits per heavy atom. The number of primary amides is 1. The zero-order chi connectivity index (χ0) is 15.0. The number of aromatic amines is 1. The Balaban J connectivity index is 1.82. The third kappa shape index (κ3) is 2.68. The van der Waals surface area contributed by atoms with Crippen molar-refractivity contribution in [1.29, 1.82) is 0 Å². The minimum atomic E-state index is -0.266. The summed E-state index contributed by atoms with van der Waals surface area (Å²) in [6.45, 7) is 1.15. The van der Waals surface area contributed by atoms with Crippen molar-refractivity contribution in [2.45, 2.75) is 12.8 Å². The molecule has 1 aromatic heterocycles. The van der Waals surface area contributed by atoms with Crippen LogP contribution in [0.15, 0.2) is 28.9 Å². The monoisotopic (exact) mass is 349 g/mol. The van der Waals surface area contributed by atoms with E-state index in [4.69, 9.17) is 5.73 Å². The highest BCUT2D eigenvalue weighted by Crippen LogP contribution is 2.25. The summed E-state index contributed by atoms with van der Waals surface area (Å²) in [5, 5.41) is 0.909. The zero-order valence-corrected chi connectivity index (χ0v) is 13.0. The van der Waals surface area contributed by atoms with Crippen molar-refractivity contribution >= 4 is 38.6 Å². The van der Waals surface area contributed by atoms with Gasteiger partial charge in [0.05, 0.1) is 5.56 Å². The van der Waals surface area contributed by atoms with Gasteiger partial charge in [-0.1, -0.05) is 15.9 Å². The molecule has 1 fully saturated rings. The number of carbonyl (C=O) groups is 2. The third-order valence-corrected chi connectivity index (χ3v) is 4.55. The first-order valence-corrected chi connectivity index (χ1v) is 7.71. The topological polar surface area (TPSA) is 79.2 Å². The highest BCUT2D eigenvalue weighted by Gasteiger charge is 2.27. The Bertz CT molecular complexity index is 702. The second kappa shape index (κ2) is 5.52. The molecule has 2 amide bonds. The van der Waals surface area contributed by atoms with Gasteiger partial charge in [0.2, 0.25) is 5.91 Å². The second-order valence-electron chi connectivity index (χ2n) is 5.36. The zero-order valence-electron chi connectivity index (χ0n) is 11.4. The summed E-state index contributed by atoms with van der Waals surface area (Å²) in [7, 11) is 0. The lowest BCUT2D eigenvalue weighted by Gasteiger charge is -2.30. The van der Waals surface area contributed by atoms with Crippen LogP contribution in [-0.2, 0) is 4.79 Å². The van der Waals surface area contributed by atoms with Crippen LogP contribution in [0.4, 0.5) is 0 Å². The van der Waals surface area contributed by atoms with E-state index in [-0.39, 0.29) is 17.7 Å². The first-order valence-electron chi connectivity index (χ1n) is 6.91. The minimum Gasteiger partial charge on any atom is -0.369 e. The van der Waals surface area contributed by atoms with Crippen molar-refractivity contribution in [3.63, 3.8) is 0 Å². The van der Waals surface area contributed by atoms with Crippen molar-refractivity contribution in [1.82, 2.24) is 9.88 Å². The lowest BCUT2D eigenvalue weighted by Crippen LogP contribution is -2.41. The summed E-state index contributed by atoms with van der Waals surface area (Å²) >= 11 is 3.43. The van der Waals surface area contributed by atoms with Crippen LogP contribution in [0.5, 0.6) is 0 Å². The van der Waals surface area contributed by atoms with E-state index in [1.807, 2.05) is 18.2 Å². The maximum Gasteiger partial charge on any atom is 0.256 e. The number of H-pyrrole nitrogens is 1. The number of rotatable bonds is 2. The summed E-state index contributed by atoms with van der Waals surface area (Å²) in [5.41, 5.74) is 6.93. The Morgan fingerprint density at radius 1 is 1.29 bits per heavy atom. The van der Waals surface area contributed by atoms with E-state index < -0.39 is 0 Å². The first kappa shape index (κ1) is 14.1. The Hall–Kier alpha value is -1.82. The number of likely N-dealkylation sites (tertiary alicyclic amines) is 1. The fourth-order valence-electron chi connectivity index (χ4n) is 2.81. The van der Waals surface area contributed by atoms with Crippen molar-refractivity contribution in [2.75, 3.05) is 13.1 Å². The Morgan fingerprint density at radius 2 is 2.00 bits per heavy atom. The van der Waals surface area contributed by atoms with Crippen molar-refractivity contribution in [3.8, 4) is 0 Å². The highest BCUT2D eigenvalue weighted by molar-refractivity contribution is 9.10. The number of hydrogen-bond acceptors (Lipinski definition) is 2. The van der Waals surface area contributed by atoms with Crippen molar-refractivity contribution in [2.24, 2.45) is 11.7 Å². The maximum atomic E-state index is 12.6. The van der Waals surface area contributed by atoms with E-state index in [0.717, 1.165) is 15.4 Å². The van der Waals surface area contributed by atoms with Gasteiger partial charge in [-0.3, -0.25) is 9.59 Å². The molecule has 110 valence electrons. The van der Waals surface area contributed by atoms with Crippen LogP contribution >= 0.6 is 15.9 Å². The summed E-state index contributed by atoms with van der Waals surface area (Å²) in [6, 6.07) is 5.82. The average molecular weight is 350 g/mol. The molecule has 0 radical (unpaired) electrons.